The number of pyridine rings is 1. The van der Waals surface area contributed by atoms with Gasteiger partial charge in [-0.25, -0.2) is 0 Å². The van der Waals surface area contributed by atoms with Crippen molar-refractivity contribution in [3.05, 3.63) is 54.2 Å². The Bertz CT molecular complexity index is 832. The summed E-state index contributed by atoms with van der Waals surface area (Å²) in [6.45, 7) is 3.12. The molecule has 1 amide bonds. The molecule has 2 aromatic heterocycles. The minimum atomic E-state index is -0.201. The zero-order valence-electron chi connectivity index (χ0n) is 14.1. The van der Waals surface area contributed by atoms with E-state index in [9.17, 15) is 4.79 Å². The van der Waals surface area contributed by atoms with Crippen LogP contribution in [0.4, 0.5) is 10.8 Å². The van der Waals surface area contributed by atoms with Gasteiger partial charge in [0.2, 0.25) is 5.13 Å². The summed E-state index contributed by atoms with van der Waals surface area (Å²) in [4.78, 5) is 18.8. The quantitative estimate of drug-likeness (QED) is 0.732. The van der Waals surface area contributed by atoms with Crippen molar-refractivity contribution in [3.8, 4) is 10.7 Å². The molecule has 0 aliphatic rings. The molecule has 0 saturated carbocycles. The highest BCUT2D eigenvalue weighted by Gasteiger charge is 2.12. The molecule has 0 radical (unpaired) electrons. The highest BCUT2D eigenvalue weighted by atomic mass is 32.1. The number of benzene rings is 1. The number of rotatable bonds is 6. The second-order valence-corrected chi connectivity index (χ2v) is 6.53. The van der Waals surface area contributed by atoms with E-state index in [2.05, 4.69) is 32.3 Å². The molecule has 128 valence electrons. The van der Waals surface area contributed by atoms with E-state index < -0.39 is 0 Å². The molecule has 0 bridgehead atoms. The average Bonchev–Trinajstić information content (AvgIpc) is 3.11. The zero-order valence-corrected chi connectivity index (χ0v) is 15.0. The van der Waals surface area contributed by atoms with Gasteiger partial charge in [-0.1, -0.05) is 24.3 Å². The first-order valence-corrected chi connectivity index (χ1v) is 8.86. The van der Waals surface area contributed by atoms with Crippen LogP contribution in [0.25, 0.3) is 10.7 Å². The van der Waals surface area contributed by atoms with E-state index in [1.807, 2.05) is 49.5 Å². The second kappa shape index (κ2) is 7.85. The van der Waals surface area contributed by atoms with Gasteiger partial charge in [0.25, 0.3) is 5.91 Å². The van der Waals surface area contributed by atoms with E-state index in [0.29, 0.717) is 15.7 Å². The van der Waals surface area contributed by atoms with Crippen molar-refractivity contribution in [2.24, 2.45) is 0 Å². The lowest BCUT2D eigenvalue weighted by Gasteiger charge is -2.18. The van der Waals surface area contributed by atoms with Crippen LogP contribution < -0.4 is 10.2 Å². The van der Waals surface area contributed by atoms with Crippen molar-refractivity contribution in [2.45, 2.75) is 13.3 Å². The molecule has 3 rings (SSSR count). The minimum Gasteiger partial charge on any atom is -0.375 e. The number of anilines is 2. The van der Waals surface area contributed by atoms with Gasteiger partial charge in [0.15, 0.2) is 5.01 Å². The molecule has 0 aliphatic carbocycles. The summed E-state index contributed by atoms with van der Waals surface area (Å²) in [5, 5.41) is 12.0. The molecule has 2 heterocycles. The molecule has 1 aromatic carbocycles. The van der Waals surface area contributed by atoms with Gasteiger partial charge in [0.05, 0.1) is 0 Å². The SMILES string of the molecule is CCCN(C)c1ccc(C(=O)Nc2nnc(-c3ccccn3)s2)cc1. The maximum absolute atomic E-state index is 12.4. The Balaban J connectivity index is 1.67. The smallest absolute Gasteiger partial charge is 0.257 e. The standard InChI is InChI=1S/C18H19N5OS/c1-3-12-23(2)14-9-7-13(8-10-14)16(24)20-18-22-21-17(25-18)15-6-4-5-11-19-15/h4-11H,3,12H2,1-2H3,(H,20,22,24). The average molecular weight is 353 g/mol. The van der Waals surface area contributed by atoms with E-state index in [-0.39, 0.29) is 5.91 Å². The summed E-state index contributed by atoms with van der Waals surface area (Å²) < 4.78 is 0. The molecule has 1 N–H and O–H groups in total. The number of nitrogens with zero attached hydrogens (tertiary/aromatic N) is 4. The molecule has 7 heteroatoms. The fourth-order valence-corrected chi connectivity index (χ4v) is 3.08. The first-order chi connectivity index (χ1) is 12.2. The Labute approximate surface area is 150 Å². The minimum absolute atomic E-state index is 0.201. The Hall–Kier alpha value is -2.80. The van der Waals surface area contributed by atoms with Crippen molar-refractivity contribution < 1.29 is 4.79 Å². The van der Waals surface area contributed by atoms with E-state index >= 15 is 0 Å². The third-order valence-corrected chi connectivity index (χ3v) is 4.52. The monoisotopic (exact) mass is 353 g/mol. The molecule has 0 saturated heterocycles. The van der Waals surface area contributed by atoms with Crippen LogP contribution in [0.1, 0.15) is 23.7 Å². The number of amides is 1. The highest BCUT2D eigenvalue weighted by molar-refractivity contribution is 7.18. The van der Waals surface area contributed by atoms with E-state index in [1.165, 1.54) is 11.3 Å². The van der Waals surface area contributed by atoms with Gasteiger partial charge in [0, 0.05) is 31.0 Å². The topological polar surface area (TPSA) is 71.0 Å². The van der Waals surface area contributed by atoms with Crippen LogP contribution in [-0.4, -0.2) is 34.7 Å². The number of hydrogen-bond acceptors (Lipinski definition) is 6. The van der Waals surface area contributed by atoms with Crippen molar-refractivity contribution in [2.75, 3.05) is 23.8 Å². The number of nitrogens with one attached hydrogen (secondary N) is 1. The van der Waals surface area contributed by atoms with Crippen molar-refractivity contribution in [1.82, 2.24) is 15.2 Å². The molecule has 6 nitrogen and oxygen atoms in total. The van der Waals surface area contributed by atoms with Gasteiger partial charge < -0.3 is 4.90 Å². The Morgan fingerprint density at radius 2 is 1.96 bits per heavy atom. The first kappa shape index (κ1) is 17.0. The first-order valence-electron chi connectivity index (χ1n) is 8.05. The maximum Gasteiger partial charge on any atom is 0.257 e. The number of aromatic nitrogens is 3. The van der Waals surface area contributed by atoms with Crippen LogP contribution >= 0.6 is 11.3 Å². The largest absolute Gasteiger partial charge is 0.375 e. The molecule has 0 unspecified atom stereocenters. The third-order valence-electron chi connectivity index (χ3n) is 3.66. The molecule has 0 fully saturated rings. The molecular formula is C18H19N5OS. The predicted octanol–water partition coefficient (Wildman–Crippen LogP) is 3.70. The van der Waals surface area contributed by atoms with Gasteiger partial charge in [-0.15, -0.1) is 10.2 Å². The van der Waals surface area contributed by atoms with Crippen LogP contribution in [-0.2, 0) is 0 Å². The van der Waals surface area contributed by atoms with E-state index in [4.69, 9.17) is 0 Å². The zero-order chi connectivity index (χ0) is 17.6. The van der Waals surface area contributed by atoms with Crippen molar-refractivity contribution >= 4 is 28.1 Å². The van der Waals surface area contributed by atoms with Crippen LogP contribution in [0.2, 0.25) is 0 Å². The molecule has 0 aliphatic heterocycles. The summed E-state index contributed by atoms with van der Waals surface area (Å²) in [5.74, 6) is -0.201. The lowest BCUT2D eigenvalue weighted by atomic mass is 10.2. The normalized spacial score (nSPS) is 10.5. The van der Waals surface area contributed by atoms with Crippen LogP contribution in [0.15, 0.2) is 48.7 Å². The lowest BCUT2D eigenvalue weighted by molar-refractivity contribution is 0.102. The molecule has 0 spiro atoms. The molecule has 3 aromatic rings. The summed E-state index contributed by atoms with van der Waals surface area (Å²) in [5.41, 5.74) is 2.42. The van der Waals surface area contributed by atoms with Crippen molar-refractivity contribution in [3.63, 3.8) is 0 Å². The van der Waals surface area contributed by atoms with Gasteiger partial charge >= 0.3 is 0 Å². The number of carbonyl (C=O) groups is 1. The van der Waals surface area contributed by atoms with Crippen molar-refractivity contribution in [1.29, 1.82) is 0 Å². The molecule has 0 atom stereocenters. The summed E-state index contributed by atoms with van der Waals surface area (Å²) in [7, 11) is 2.04. The molecular weight excluding hydrogens is 334 g/mol. The third kappa shape index (κ3) is 4.19. The fourth-order valence-electron chi connectivity index (χ4n) is 2.37. The molecule has 25 heavy (non-hydrogen) atoms. The summed E-state index contributed by atoms with van der Waals surface area (Å²) in [6, 6.07) is 13.1. The summed E-state index contributed by atoms with van der Waals surface area (Å²) >= 11 is 1.30. The summed E-state index contributed by atoms with van der Waals surface area (Å²) in [6.07, 6.45) is 2.78. The Morgan fingerprint density at radius 3 is 2.64 bits per heavy atom. The number of hydrogen-bond donors (Lipinski definition) is 1. The van der Waals surface area contributed by atoms with Gasteiger partial charge in [-0.3, -0.25) is 15.1 Å². The second-order valence-electron chi connectivity index (χ2n) is 5.55. The van der Waals surface area contributed by atoms with Gasteiger partial charge in [-0.2, -0.15) is 0 Å². The maximum atomic E-state index is 12.4. The fraction of sp³-hybridized carbons (Fsp3) is 0.222. The van der Waals surface area contributed by atoms with Gasteiger partial charge in [0.1, 0.15) is 5.69 Å². The van der Waals surface area contributed by atoms with Crippen LogP contribution in [0, 0.1) is 0 Å². The Kier molecular flexibility index (Phi) is 5.35. The Morgan fingerprint density at radius 1 is 1.16 bits per heavy atom. The van der Waals surface area contributed by atoms with E-state index in [0.717, 1.165) is 24.3 Å². The van der Waals surface area contributed by atoms with Crippen LogP contribution in [0.3, 0.4) is 0 Å². The van der Waals surface area contributed by atoms with Crippen LogP contribution in [0.5, 0.6) is 0 Å². The lowest BCUT2D eigenvalue weighted by Crippen LogP contribution is -2.18. The number of carbonyl (C=O) groups excluding carboxylic acids is 1. The van der Waals surface area contributed by atoms with E-state index in [1.54, 1.807) is 6.20 Å². The predicted molar refractivity (Wildman–Crippen MR) is 101 cm³/mol. The van der Waals surface area contributed by atoms with Gasteiger partial charge in [-0.05, 0) is 42.8 Å². The highest BCUT2D eigenvalue weighted by Crippen LogP contribution is 2.25.